The third kappa shape index (κ3) is 2.78. The fourth-order valence-electron chi connectivity index (χ4n) is 2.01. The third-order valence-electron chi connectivity index (χ3n) is 2.90. The molecule has 0 unspecified atom stereocenters. The van der Waals surface area contributed by atoms with Crippen LogP contribution in [0, 0.1) is 9.39 Å². The molecule has 1 aromatic carbocycles. The minimum absolute atomic E-state index is 0.204. The number of nitrogens with two attached hydrogens (primary N) is 1. The summed E-state index contributed by atoms with van der Waals surface area (Å²) in [5.74, 6) is 0.227. The molecule has 1 aliphatic carbocycles. The van der Waals surface area contributed by atoms with Crippen molar-refractivity contribution in [3.8, 4) is 5.75 Å². The normalized spacial score (nSPS) is 17.4. The number of hydrogen-bond donors (Lipinski definition) is 1. The number of hydrogen-bond acceptors (Lipinski definition) is 2. The number of anilines is 1. The van der Waals surface area contributed by atoms with Crippen molar-refractivity contribution in [3.05, 3.63) is 21.5 Å². The molecule has 2 rings (SSSR count). The van der Waals surface area contributed by atoms with Gasteiger partial charge in [-0.2, -0.15) is 0 Å². The van der Waals surface area contributed by atoms with E-state index in [0.717, 1.165) is 12.8 Å². The zero-order valence-corrected chi connectivity index (χ0v) is 11.2. The Morgan fingerprint density at radius 3 is 2.62 bits per heavy atom. The Labute approximate surface area is 108 Å². The highest BCUT2D eigenvalue weighted by Gasteiger charge is 2.17. The van der Waals surface area contributed by atoms with Crippen LogP contribution in [-0.2, 0) is 0 Å². The van der Waals surface area contributed by atoms with Gasteiger partial charge in [0.05, 0.1) is 15.4 Å². The van der Waals surface area contributed by atoms with Gasteiger partial charge in [-0.15, -0.1) is 0 Å². The Morgan fingerprint density at radius 1 is 1.25 bits per heavy atom. The summed E-state index contributed by atoms with van der Waals surface area (Å²) in [4.78, 5) is 0. The second-order valence-corrected chi connectivity index (χ2v) is 5.34. The van der Waals surface area contributed by atoms with Crippen molar-refractivity contribution in [3.63, 3.8) is 0 Å². The molecule has 2 N–H and O–H groups in total. The molecule has 0 atom stereocenters. The zero-order valence-electron chi connectivity index (χ0n) is 9.01. The Balaban J connectivity index is 2.11. The van der Waals surface area contributed by atoms with Crippen LogP contribution in [0.1, 0.15) is 32.1 Å². The van der Waals surface area contributed by atoms with Gasteiger partial charge in [0.2, 0.25) is 0 Å². The molecule has 0 saturated heterocycles. The summed E-state index contributed by atoms with van der Waals surface area (Å²) in [6.07, 6.45) is 5.96. The molecule has 1 saturated carbocycles. The van der Waals surface area contributed by atoms with E-state index >= 15 is 0 Å². The van der Waals surface area contributed by atoms with E-state index in [4.69, 9.17) is 10.5 Å². The smallest absolute Gasteiger partial charge is 0.145 e. The van der Waals surface area contributed by atoms with Crippen molar-refractivity contribution in [2.45, 2.75) is 38.2 Å². The van der Waals surface area contributed by atoms with E-state index < -0.39 is 0 Å². The largest absolute Gasteiger partial charge is 0.488 e. The van der Waals surface area contributed by atoms with Crippen LogP contribution in [0.5, 0.6) is 5.75 Å². The first-order valence-corrected chi connectivity index (χ1v) is 6.66. The van der Waals surface area contributed by atoms with Crippen LogP contribution < -0.4 is 10.5 Å². The molecule has 0 radical (unpaired) electrons. The van der Waals surface area contributed by atoms with Gasteiger partial charge in [0.25, 0.3) is 0 Å². The van der Waals surface area contributed by atoms with Crippen molar-refractivity contribution in [2.75, 3.05) is 5.73 Å². The number of rotatable bonds is 2. The van der Waals surface area contributed by atoms with Gasteiger partial charge in [-0.3, -0.25) is 0 Å². The second-order valence-electron chi connectivity index (χ2n) is 4.18. The molecular formula is C12H15FINO. The van der Waals surface area contributed by atoms with Crippen molar-refractivity contribution in [2.24, 2.45) is 0 Å². The molecule has 0 bridgehead atoms. The van der Waals surface area contributed by atoms with E-state index in [0.29, 0.717) is 15.0 Å². The molecule has 1 aromatic rings. The molecule has 0 aromatic heterocycles. The SMILES string of the molecule is Nc1cc(I)c(F)cc1OC1CCCCC1. The lowest BCUT2D eigenvalue weighted by Crippen LogP contribution is -2.20. The summed E-state index contributed by atoms with van der Waals surface area (Å²) in [5, 5.41) is 0. The zero-order chi connectivity index (χ0) is 11.5. The van der Waals surface area contributed by atoms with Crippen LogP contribution in [0.3, 0.4) is 0 Å². The number of nitrogen functional groups attached to an aromatic ring is 1. The summed E-state index contributed by atoms with van der Waals surface area (Å²) in [6.45, 7) is 0. The van der Waals surface area contributed by atoms with Crippen molar-refractivity contribution >= 4 is 28.3 Å². The van der Waals surface area contributed by atoms with Crippen molar-refractivity contribution in [1.29, 1.82) is 0 Å². The van der Waals surface area contributed by atoms with Gasteiger partial charge in [-0.1, -0.05) is 6.42 Å². The molecule has 0 amide bonds. The van der Waals surface area contributed by atoms with Gasteiger partial charge in [0, 0.05) is 6.07 Å². The summed E-state index contributed by atoms with van der Waals surface area (Å²) < 4.78 is 19.7. The number of halogens is 2. The first kappa shape index (κ1) is 12.0. The summed E-state index contributed by atoms with van der Waals surface area (Å²) in [7, 11) is 0. The fourth-order valence-corrected chi connectivity index (χ4v) is 2.50. The van der Waals surface area contributed by atoms with Gasteiger partial charge in [0.1, 0.15) is 11.6 Å². The molecular weight excluding hydrogens is 320 g/mol. The van der Waals surface area contributed by atoms with Gasteiger partial charge >= 0.3 is 0 Å². The van der Waals surface area contributed by atoms with Crippen LogP contribution >= 0.6 is 22.6 Å². The summed E-state index contributed by atoms with van der Waals surface area (Å²) in [5.41, 5.74) is 6.34. The first-order valence-electron chi connectivity index (χ1n) is 5.58. The molecule has 1 aliphatic rings. The first-order chi connectivity index (χ1) is 7.66. The molecule has 0 spiro atoms. The van der Waals surface area contributed by atoms with E-state index in [1.54, 1.807) is 6.07 Å². The highest BCUT2D eigenvalue weighted by Crippen LogP contribution is 2.30. The van der Waals surface area contributed by atoms with E-state index in [2.05, 4.69) is 0 Å². The van der Waals surface area contributed by atoms with Gasteiger partial charge < -0.3 is 10.5 Å². The predicted molar refractivity (Wildman–Crippen MR) is 71.0 cm³/mol. The Kier molecular flexibility index (Phi) is 3.89. The van der Waals surface area contributed by atoms with Gasteiger partial charge in [-0.25, -0.2) is 4.39 Å². The standard InChI is InChI=1S/C12H15FINO/c13-9-6-12(11(15)7-10(9)14)16-8-4-2-1-3-5-8/h6-8H,1-5,15H2. The topological polar surface area (TPSA) is 35.2 Å². The number of ether oxygens (including phenoxy) is 1. The van der Waals surface area contributed by atoms with Crippen LogP contribution in [0.4, 0.5) is 10.1 Å². The summed E-state index contributed by atoms with van der Waals surface area (Å²) in [6, 6.07) is 3.01. The number of benzene rings is 1. The maximum absolute atomic E-state index is 13.4. The molecule has 4 heteroatoms. The summed E-state index contributed by atoms with van der Waals surface area (Å²) >= 11 is 1.93. The van der Waals surface area contributed by atoms with Gasteiger partial charge in [0.15, 0.2) is 0 Å². The Bertz CT molecular complexity index is 378. The van der Waals surface area contributed by atoms with Crippen molar-refractivity contribution in [1.82, 2.24) is 0 Å². The average molecular weight is 335 g/mol. The van der Waals surface area contributed by atoms with E-state index in [-0.39, 0.29) is 11.9 Å². The molecule has 88 valence electrons. The minimum atomic E-state index is -0.263. The second kappa shape index (κ2) is 5.21. The third-order valence-corrected chi connectivity index (χ3v) is 3.73. The molecule has 16 heavy (non-hydrogen) atoms. The quantitative estimate of drug-likeness (QED) is 0.660. The highest BCUT2D eigenvalue weighted by atomic mass is 127. The monoisotopic (exact) mass is 335 g/mol. The van der Waals surface area contributed by atoms with Gasteiger partial charge in [-0.05, 0) is 54.3 Å². The maximum Gasteiger partial charge on any atom is 0.145 e. The van der Waals surface area contributed by atoms with E-state index in [1.807, 2.05) is 22.6 Å². The maximum atomic E-state index is 13.4. The Hall–Kier alpha value is -0.520. The fraction of sp³-hybridized carbons (Fsp3) is 0.500. The lowest BCUT2D eigenvalue weighted by molar-refractivity contribution is 0.155. The molecule has 2 nitrogen and oxygen atoms in total. The molecule has 0 aliphatic heterocycles. The molecule has 1 fully saturated rings. The van der Waals surface area contributed by atoms with Crippen LogP contribution in [0.15, 0.2) is 12.1 Å². The van der Waals surface area contributed by atoms with Crippen LogP contribution in [-0.4, -0.2) is 6.10 Å². The molecule has 0 heterocycles. The van der Waals surface area contributed by atoms with Crippen LogP contribution in [0.25, 0.3) is 0 Å². The lowest BCUT2D eigenvalue weighted by atomic mass is 9.98. The highest BCUT2D eigenvalue weighted by molar-refractivity contribution is 14.1. The van der Waals surface area contributed by atoms with E-state index in [9.17, 15) is 4.39 Å². The lowest BCUT2D eigenvalue weighted by Gasteiger charge is -2.23. The average Bonchev–Trinajstić information content (AvgIpc) is 2.27. The Morgan fingerprint density at radius 2 is 1.94 bits per heavy atom. The van der Waals surface area contributed by atoms with E-state index in [1.165, 1.54) is 25.3 Å². The minimum Gasteiger partial charge on any atom is -0.488 e. The predicted octanol–water partition coefficient (Wildman–Crippen LogP) is 3.72. The van der Waals surface area contributed by atoms with Crippen molar-refractivity contribution < 1.29 is 9.13 Å². The van der Waals surface area contributed by atoms with Crippen LogP contribution in [0.2, 0.25) is 0 Å².